The molecular weight excluding hydrogens is 373 g/mol. The highest BCUT2D eigenvalue weighted by molar-refractivity contribution is 5.66. The van der Waals surface area contributed by atoms with Crippen LogP contribution < -0.4 is 10.2 Å². The summed E-state index contributed by atoms with van der Waals surface area (Å²) in [4.78, 5) is 6.96. The van der Waals surface area contributed by atoms with Crippen molar-refractivity contribution in [3.63, 3.8) is 0 Å². The van der Waals surface area contributed by atoms with Gasteiger partial charge in [0.05, 0.1) is 0 Å². The molecule has 0 atom stereocenters. The third-order valence-electron chi connectivity index (χ3n) is 6.32. The lowest BCUT2D eigenvalue weighted by molar-refractivity contribution is 0.428. The highest BCUT2D eigenvalue weighted by Gasteiger charge is 2.22. The Morgan fingerprint density at radius 1 is 0.933 bits per heavy atom. The van der Waals surface area contributed by atoms with E-state index < -0.39 is 0 Å². The number of rotatable bonds is 5. The molecule has 1 aromatic heterocycles. The van der Waals surface area contributed by atoms with Crippen LogP contribution in [0.15, 0.2) is 54.9 Å². The molecule has 1 N–H and O–H groups in total. The van der Waals surface area contributed by atoms with Gasteiger partial charge in [0.2, 0.25) is 0 Å². The summed E-state index contributed by atoms with van der Waals surface area (Å²) in [6.07, 6.45) is 6.07. The Morgan fingerprint density at radius 2 is 1.60 bits per heavy atom. The zero-order valence-electron chi connectivity index (χ0n) is 18.1. The summed E-state index contributed by atoms with van der Waals surface area (Å²) in [6.45, 7) is 9.29. The third kappa shape index (κ3) is 4.54. The summed E-state index contributed by atoms with van der Waals surface area (Å²) in [5.74, 6) is -0.196. The van der Waals surface area contributed by atoms with Crippen molar-refractivity contribution in [3.8, 4) is 11.1 Å². The van der Waals surface area contributed by atoms with Crippen LogP contribution >= 0.6 is 0 Å². The van der Waals surface area contributed by atoms with Crippen molar-refractivity contribution in [2.24, 2.45) is 0 Å². The number of aryl methyl sites for hydroxylation is 2. The van der Waals surface area contributed by atoms with Gasteiger partial charge in [-0.15, -0.1) is 0 Å². The standard InChI is InChI=1S/C26H30FN3/c1-18-12-22(13-19(2)20(18)3)23-14-21(15-29-16-23)17-30(26-8-10-28-11-9-26)25-6-4-24(27)5-7-25/h4-7,12-16,26,28H,8-11,17H2,1-3H3. The van der Waals surface area contributed by atoms with E-state index >= 15 is 0 Å². The molecule has 0 aliphatic carbocycles. The molecule has 3 nitrogen and oxygen atoms in total. The molecule has 0 saturated carbocycles. The van der Waals surface area contributed by atoms with Crippen LogP contribution in [0, 0.1) is 26.6 Å². The number of hydrogen-bond acceptors (Lipinski definition) is 3. The molecule has 30 heavy (non-hydrogen) atoms. The Bertz CT molecular complexity index is 984. The molecule has 0 amide bonds. The van der Waals surface area contributed by atoms with Crippen molar-refractivity contribution in [3.05, 3.63) is 82.9 Å². The fourth-order valence-corrected chi connectivity index (χ4v) is 4.31. The largest absolute Gasteiger partial charge is 0.364 e. The maximum atomic E-state index is 13.5. The molecule has 0 bridgehead atoms. The zero-order chi connectivity index (χ0) is 21.1. The van der Waals surface area contributed by atoms with Gasteiger partial charge in [0.1, 0.15) is 5.82 Å². The minimum atomic E-state index is -0.196. The van der Waals surface area contributed by atoms with E-state index in [9.17, 15) is 4.39 Å². The molecule has 1 aliphatic heterocycles. The first-order chi connectivity index (χ1) is 14.5. The number of aromatic nitrogens is 1. The lowest BCUT2D eigenvalue weighted by Crippen LogP contribution is -2.43. The van der Waals surface area contributed by atoms with Crippen LogP contribution in [0.3, 0.4) is 0 Å². The second kappa shape index (κ2) is 8.97. The SMILES string of the molecule is Cc1cc(-c2cncc(CN(c3ccc(F)cc3)C3CCNCC3)c2)cc(C)c1C. The normalized spacial score (nSPS) is 14.7. The quantitative estimate of drug-likeness (QED) is 0.603. The van der Waals surface area contributed by atoms with Crippen LogP contribution in [0.5, 0.6) is 0 Å². The van der Waals surface area contributed by atoms with Gasteiger partial charge in [0.15, 0.2) is 0 Å². The highest BCUT2D eigenvalue weighted by Crippen LogP contribution is 2.28. The van der Waals surface area contributed by atoms with E-state index in [0.29, 0.717) is 6.04 Å². The molecule has 1 fully saturated rings. The summed E-state index contributed by atoms with van der Waals surface area (Å²) in [7, 11) is 0. The second-order valence-electron chi connectivity index (χ2n) is 8.40. The number of benzene rings is 2. The topological polar surface area (TPSA) is 28.2 Å². The smallest absolute Gasteiger partial charge is 0.123 e. The van der Waals surface area contributed by atoms with Gasteiger partial charge in [0, 0.05) is 36.2 Å². The maximum absolute atomic E-state index is 13.5. The van der Waals surface area contributed by atoms with Gasteiger partial charge >= 0.3 is 0 Å². The predicted molar refractivity (Wildman–Crippen MR) is 122 cm³/mol. The highest BCUT2D eigenvalue weighted by atomic mass is 19.1. The average molecular weight is 404 g/mol. The van der Waals surface area contributed by atoms with Crippen molar-refractivity contribution >= 4 is 5.69 Å². The van der Waals surface area contributed by atoms with Crippen LogP contribution in [-0.4, -0.2) is 24.1 Å². The molecule has 4 heteroatoms. The Kier molecular flexibility index (Phi) is 6.14. The van der Waals surface area contributed by atoms with Gasteiger partial charge < -0.3 is 10.2 Å². The zero-order valence-corrected chi connectivity index (χ0v) is 18.1. The Labute approximate surface area is 179 Å². The molecule has 1 saturated heterocycles. The van der Waals surface area contributed by atoms with Crippen LogP contribution in [0.4, 0.5) is 10.1 Å². The number of nitrogens with zero attached hydrogens (tertiary/aromatic N) is 2. The van der Waals surface area contributed by atoms with Crippen molar-refractivity contribution in [1.29, 1.82) is 0 Å². The maximum Gasteiger partial charge on any atom is 0.123 e. The van der Waals surface area contributed by atoms with Gasteiger partial charge in [-0.25, -0.2) is 4.39 Å². The first-order valence-electron chi connectivity index (χ1n) is 10.8. The van der Waals surface area contributed by atoms with E-state index in [1.807, 2.05) is 24.5 Å². The van der Waals surface area contributed by atoms with Crippen LogP contribution in [0.2, 0.25) is 0 Å². The second-order valence-corrected chi connectivity index (χ2v) is 8.40. The van der Waals surface area contributed by atoms with E-state index in [2.05, 4.69) is 54.2 Å². The van der Waals surface area contributed by atoms with Crippen molar-refractivity contribution in [1.82, 2.24) is 10.3 Å². The molecule has 0 spiro atoms. The van der Waals surface area contributed by atoms with Gasteiger partial charge in [-0.05, 0) is 105 Å². The molecule has 1 aliphatic rings. The van der Waals surface area contributed by atoms with E-state index in [0.717, 1.165) is 43.7 Å². The van der Waals surface area contributed by atoms with Crippen LogP contribution in [0.1, 0.15) is 35.1 Å². The van der Waals surface area contributed by atoms with Crippen molar-refractivity contribution < 1.29 is 4.39 Å². The van der Waals surface area contributed by atoms with E-state index in [1.165, 1.54) is 27.8 Å². The summed E-state index contributed by atoms with van der Waals surface area (Å²) in [6, 6.07) is 14.0. The summed E-state index contributed by atoms with van der Waals surface area (Å²) in [5.41, 5.74) is 8.54. The Morgan fingerprint density at radius 3 is 2.27 bits per heavy atom. The fourth-order valence-electron chi connectivity index (χ4n) is 4.31. The minimum absolute atomic E-state index is 0.196. The lowest BCUT2D eigenvalue weighted by atomic mass is 9.96. The minimum Gasteiger partial charge on any atom is -0.364 e. The van der Waals surface area contributed by atoms with Crippen LogP contribution in [-0.2, 0) is 6.54 Å². The number of hydrogen-bond donors (Lipinski definition) is 1. The number of pyridine rings is 1. The first-order valence-corrected chi connectivity index (χ1v) is 10.8. The summed E-state index contributed by atoms with van der Waals surface area (Å²) in [5, 5.41) is 3.44. The fraction of sp³-hybridized carbons (Fsp3) is 0.346. The summed E-state index contributed by atoms with van der Waals surface area (Å²) < 4.78 is 13.5. The number of piperidine rings is 1. The monoisotopic (exact) mass is 403 g/mol. The lowest BCUT2D eigenvalue weighted by Gasteiger charge is -2.36. The Hall–Kier alpha value is -2.72. The Balaban J connectivity index is 1.65. The van der Waals surface area contributed by atoms with Crippen LogP contribution in [0.25, 0.3) is 11.1 Å². The summed E-state index contributed by atoms with van der Waals surface area (Å²) >= 11 is 0. The van der Waals surface area contributed by atoms with E-state index in [1.54, 1.807) is 12.1 Å². The molecule has 4 rings (SSSR count). The van der Waals surface area contributed by atoms with Crippen molar-refractivity contribution in [2.75, 3.05) is 18.0 Å². The number of halogens is 1. The van der Waals surface area contributed by atoms with Gasteiger partial charge in [0.25, 0.3) is 0 Å². The molecule has 2 heterocycles. The molecule has 2 aromatic carbocycles. The molecule has 0 unspecified atom stereocenters. The molecule has 0 radical (unpaired) electrons. The van der Waals surface area contributed by atoms with E-state index in [4.69, 9.17) is 0 Å². The molecule has 3 aromatic rings. The van der Waals surface area contributed by atoms with Gasteiger partial charge in [-0.3, -0.25) is 4.98 Å². The number of anilines is 1. The molecular formula is C26H30FN3. The van der Waals surface area contributed by atoms with E-state index in [-0.39, 0.29) is 5.82 Å². The average Bonchev–Trinajstić information content (AvgIpc) is 2.77. The first kappa shape index (κ1) is 20.5. The molecule has 156 valence electrons. The van der Waals surface area contributed by atoms with Crippen molar-refractivity contribution in [2.45, 2.75) is 46.2 Å². The van der Waals surface area contributed by atoms with Gasteiger partial charge in [-0.1, -0.05) is 12.1 Å². The third-order valence-corrected chi connectivity index (χ3v) is 6.32. The number of nitrogens with one attached hydrogen (secondary N) is 1. The predicted octanol–water partition coefficient (Wildman–Crippen LogP) is 5.57. The van der Waals surface area contributed by atoms with Gasteiger partial charge in [-0.2, -0.15) is 0 Å².